The minimum absolute atomic E-state index is 0.0321. The Morgan fingerprint density at radius 2 is 2.36 bits per heavy atom. The zero-order valence-electron chi connectivity index (χ0n) is 14.1. The van der Waals surface area contributed by atoms with Crippen molar-refractivity contribution in [1.82, 2.24) is 20.4 Å². The number of thiophene rings is 1. The van der Waals surface area contributed by atoms with Crippen LogP contribution in [0.4, 0.5) is 4.79 Å². The van der Waals surface area contributed by atoms with Gasteiger partial charge in [-0.3, -0.25) is 0 Å². The van der Waals surface area contributed by atoms with E-state index in [2.05, 4.69) is 45.1 Å². The first kappa shape index (κ1) is 16.1. The molecular formula is C18H20N4O2S. The summed E-state index contributed by atoms with van der Waals surface area (Å²) in [7, 11) is 0. The van der Waals surface area contributed by atoms with Crippen LogP contribution in [0.15, 0.2) is 34.2 Å². The predicted molar refractivity (Wildman–Crippen MR) is 96.6 cm³/mol. The van der Waals surface area contributed by atoms with E-state index in [4.69, 9.17) is 4.52 Å². The molecule has 1 N–H and O–H groups in total. The summed E-state index contributed by atoms with van der Waals surface area (Å²) < 4.78 is 6.34. The van der Waals surface area contributed by atoms with Crippen molar-refractivity contribution in [3.8, 4) is 0 Å². The molecule has 3 heterocycles. The molecule has 0 bridgehead atoms. The van der Waals surface area contributed by atoms with Gasteiger partial charge in [-0.25, -0.2) is 4.79 Å². The van der Waals surface area contributed by atoms with E-state index < -0.39 is 0 Å². The lowest BCUT2D eigenvalue weighted by Gasteiger charge is -2.31. The van der Waals surface area contributed by atoms with Gasteiger partial charge in [-0.1, -0.05) is 11.2 Å². The first-order valence-corrected chi connectivity index (χ1v) is 9.36. The van der Waals surface area contributed by atoms with Crippen LogP contribution in [0.1, 0.15) is 36.0 Å². The Kier molecular flexibility index (Phi) is 4.40. The molecule has 2 aromatic heterocycles. The number of hydrogen-bond acceptors (Lipinski definition) is 5. The van der Waals surface area contributed by atoms with Crippen LogP contribution in [-0.2, 0) is 6.54 Å². The van der Waals surface area contributed by atoms with E-state index in [1.807, 2.05) is 4.90 Å². The average molecular weight is 356 g/mol. The Labute approximate surface area is 149 Å². The fraction of sp³-hybridized carbons (Fsp3) is 0.389. The molecule has 130 valence electrons. The van der Waals surface area contributed by atoms with Crippen LogP contribution in [0, 0.1) is 6.92 Å². The second kappa shape index (κ2) is 6.84. The summed E-state index contributed by atoms with van der Waals surface area (Å²) in [4.78, 5) is 18.7. The molecule has 1 saturated heterocycles. The zero-order chi connectivity index (χ0) is 17.2. The number of hydrogen-bond donors (Lipinski definition) is 1. The number of nitrogens with zero attached hydrogens (tertiary/aromatic N) is 3. The Morgan fingerprint density at radius 1 is 1.44 bits per heavy atom. The third-order valence-corrected chi connectivity index (χ3v) is 5.48. The fourth-order valence-corrected chi connectivity index (χ4v) is 4.04. The lowest BCUT2D eigenvalue weighted by Crippen LogP contribution is -2.44. The van der Waals surface area contributed by atoms with Gasteiger partial charge in [-0.2, -0.15) is 4.98 Å². The number of likely N-dealkylation sites (tertiary alicyclic amines) is 1. The summed E-state index contributed by atoms with van der Waals surface area (Å²) in [5.41, 5.74) is 1.11. The monoisotopic (exact) mass is 356 g/mol. The molecule has 0 spiro atoms. The molecule has 1 aliphatic heterocycles. The molecule has 1 aliphatic rings. The third-order valence-electron chi connectivity index (χ3n) is 4.58. The molecule has 0 aliphatic carbocycles. The van der Waals surface area contributed by atoms with E-state index in [1.54, 1.807) is 18.3 Å². The summed E-state index contributed by atoms with van der Waals surface area (Å²) in [6.45, 7) is 3.72. The number of rotatable bonds is 3. The van der Waals surface area contributed by atoms with Crippen LogP contribution in [0.25, 0.3) is 10.1 Å². The summed E-state index contributed by atoms with van der Waals surface area (Å²) in [5, 5.41) is 10.3. The van der Waals surface area contributed by atoms with Crippen molar-refractivity contribution in [2.45, 2.75) is 32.2 Å². The smallest absolute Gasteiger partial charge is 0.317 e. The molecule has 0 unspecified atom stereocenters. The minimum Gasteiger partial charge on any atom is -0.340 e. The van der Waals surface area contributed by atoms with Crippen molar-refractivity contribution < 1.29 is 9.32 Å². The molecule has 7 heteroatoms. The van der Waals surface area contributed by atoms with Gasteiger partial charge in [0.2, 0.25) is 5.89 Å². The number of amides is 2. The van der Waals surface area contributed by atoms with Gasteiger partial charge < -0.3 is 14.7 Å². The van der Waals surface area contributed by atoms with E-state index in [0.717, 1.165) is 24.9 Å². The highest BCUT2D eigenvalue weighted by Crippen LogP contribution is 2.25. The highest BCUT2D eigenvalue weighted by molar-refractivity contribution is 7.17. The van der Waals surface area contributed by atoms with E-state index >= 15 is 0 Å². The van der Waals surface area contributed by atoms with Crippen molar-refractivity contribution in [1.29, 1.82) is 0 Å². The fourth-order valence-electron chi connectivity index (χ4n) is 3.27. The summed E-state index contributed by atoms with van der Waals surface area (Å²) in [6, 6.07) is 8.38. The zero-order valence-corrected chi connectivity index (χ0v) is 14.9. The minimum atomic E-state index is -0.0321. The second-order valence-corrected chi connectivity index (χ2v) is 7.36. The largest absolute Gasteiger partial charge is 0.340 e. The van der Waals surface area contributed by atoms with Gasteiger partial charge in [-0.15, -0.1) is 11.3 Å². The van der Waals surface area contributed by atoms with Crippen molar-refractivity contribution in [3.63, 3.8) is 0 Å². The van der Waals surface area contributed by atoms with Gasteiger partial charge in [0.15, 0.2) is 5.82 Å². The molecular weight excluding hydrogens is 336 g/mol. The van der Waals surface area contributed by atoms with Gasteiger partial charge in [0.1, 0.15) is 0 Å². The highest BCUT2D eigenvalue weighted by atomic mass is 32.1. The maximum Gasteiger partial charge on any atom is 0.317 e. The lowest BCUT2D eigenvalue weighted by molar-refractivity contribution is 0.177. The van der Waals surface area contributed by atoms with E-state index in [9.17, 15) is 4.79 Å². The molecule has 2 amide bonds. The number of fused-ring (bicyclic) bond motifs is 1. The van der Waals surface area contributed by atoms with Gasteiger partial charge in [0.25, 0.3) is 0 Å². The number of carbonyl (C=O) groups excluding carboxylic acids is 1. The number of benzene rings is 1. The van der Waals surface area contributed by atoms with Crippen LogP contribution in [0.2, 0.25) is 0 Å². The van der Waals surface area contributed by atoms with Gasteiger partial charge >= 0.3 is 6.03 Å². The number of urea groups is 1. The Balaban J connectivity index is 1.36. The molecule has 0 radical (unpaired) electrons. The number of aryl methyl sites for hydroxylation is 1. The molecule has 0 saturated carbocycles. The molecule has 1 atom stereocenters. The molecule has 25 heavy (non-hydrogen) atoms. The second-order valence-electron chi connectivity index (χ2n) is 6.41. The highest BCUT2D eigenvalue weighted by Gasteiger charge is 2.27. The SMILES string of the molecule is Cc1nc([C@H]2CCCN(C(=O)NCc3ccc4sccc4c3)C2)no1. The summed E-state index contributed by atoms with van der Waals surface area (Å²) >= 11 is 1.73. The Hall–Kier alpha value is -2.41. The molecule has 1 fully saturated rings. The van der Waals surface area contributed by atoms with Gasteiger partial charge in [0, 0.05) is 37.2 Å². The van der Waals surface area contributed by atoms with E-state index in [0.29, 0.717) is 24.8 Å². The van der Waals surface area contributed by atoms with Gasteiger partial charge in [0.05, 0.1) is 0 Å². The quantitative estimate of drug-likeness (QED) is 0.777. The summed E-state index contributed by atoms with van der Waals surface area (Å²) in [5.74, 6) is 1.43. The number of piperidine rings is 1. The maximum absolute atomic E-state index is 12.5. The lowest BCUT2D eigenvalue weighted by atomic mass is 9.98. The Bertz CT molecular complexity index is 888. The van der Waals surface area contributed by atoms with Gasteiger partial charge in [-0.05, 0) is 47.4 Å². The topological polar surface area (TPSA) is 71.3 Å². The molecule has 3 aromatic rings. The third kappa shape index (κ3) is 3.51. The maximum atomic E-state index is 12.5. The number of aromatic nitrogens is 2. The van der Waals surface area contributed by atoms with E-state index in [1.165, 1.54) is 10.1 Å². The van der Waals surface area contributed by atoms with Crippen molar-refractivity contribution >= 4 is 27.5 Å². The standard InChI is InChI=1S/C18H20N4O2S/c1-12-20-17(21-24-12)15-3-2-7-22(11-15)18(23)19-10-13-4-5-16-14(9-13)6-8-25-16/h4-6,8-9,15H,2-3,7,10-11H2,1H3,(H,19,23)/t15-/m0/s1. The number of carbonyl (C=O) groups is 1. The van der Waals surface area contributed by atoms with E-state index in [-0.39, 0.29) is 11.9 Å². The van der Waals surface area contributed by atoms with Crippen LogP contribution in [0.3, 0.4) is 0 Å². The van der Waals surface area contributed by atoms with Crippen LogP contribution < -0.4 is 5.32 Å². The van der Waals surface area contributed by atoms with Crippen LogP contribution >= 0.6 is 11.3 Å². The van der Waals surface area contributed by atoms with Crippen molar-refractivity contribution in [2.75, 3.05) is 13.1 Å². The Morgan fingerprint density at radius 3 is 3.20 bits per heavy atom. The molecule has 4 rings (SSSR count). The predicted octanol–water partition coefficient (Wildman–Crippen LogP) is 3.68. The molecule has 1 aromatic carbocycles. The van der Waals surface area contributed by atoms with Crippen molar-refractivity contribution in [3.05, 3.63) is 46.9 Å². The van der Waals surface area contributed by atoms with Crippen molar-refractivity contribution in [2.24, 2.45) is 0 Å². The first-order valence-electron chi connectivity index (χ1n) is 8.48. The molecule has 6 nitrogen and oxygen atoms in total. The van der Waals surface area contributed by atoms with Crippen LogP contribution in [0.5, 0.6) is 0 Å². The average Bonchev–Trinajstić information content (AvgIpc) is 3.28. The summed E-state index contributed by atoms with van der Waals surface area (Å²) in [6.07, 6.45) is 1.93. The first-order chi connectivity index (χ1) is 12.2. The number of nitrogens with one attached hydrogen (secondary N) is 1. The normalized spacial score (nSPS) is 17.8. The van der Waals surface area contributed by atoms with Crippen LogP contribution in [-0.4, -0.2) is 34.2 Å².